The number of hydrogen-bond donors (Lipinski definition) is 2. The summed E-state index contributed by atoms with van der Waals surface area (Å²) < 4.78 is 37.3. The number of alkyl halides is 3. The number of likely N-dealkylation sites (N-methyl/N-ethyl adjacent to an activating group) is 1. The maximum absolute atomic E-state index is 12.4. The standard InChI is InChI=1S/C11H15F3N2O4/c1-5(10(19)20)16(2)9(18)6-3-4-7(11(12,13)14)15-8(6)17/h5-7H,3-4H2,1-2H3,(H,15,17)(H,19,20)/t5-,6-,7+/m1/s1. The van der Waals surface area contributed by atoms with E-state index in [1.54, 1.807) is 5.32 Å². The van der Waals surface area contributed by atoms with Crippen molar-refractivity contribution in [1.29, 1.82) is 0 Å². The van der Waals surface area contributed by atoms with Gasteiger partial charge in [-0.05, 0) is 19.8 Å². The van der Waals surface area contributed by atoms with Crippen LogP contribution in [0.2, 0.25) is 0 Å². The van der Waals surface area contributed by atoms with Gasteiger partial charge in [0.2, 0.25) is 11.8 Å². The Hall–Kier alpha value is -1.80. The Morgan fingerprint density at radius 1 is 1.40 bits per heavy atom. The lowest BCUT2D eigenvalue weighted by Crippen LogP contribution is -2.55. The van der Waals surface area contributed by atoms with Gasteiger partial charge in [0.25, 0.3) is 0 Å². The van der Waals surface area contributed by atoms with E-state index in [0.29, 0.717) is 0 Å². The van der Waals surface area contributed by atoms with Crippen LogP contribution < -0.4 is 5.32 Å². The zero-order valence-electron chi connectivity index (χ0n) is 10.9. The van der Waals surface area contributed by atoms with E-state index < -0.39 is 48.4 Å². The van der Waals surface area contributed by atoms with Crippen molar-refractivity contribution in [3.05, 3.63) is 0 Å². The first kappa shape index (κ1) is 16.3. The van der Waals surface area contributed by atoms with E-state index in [4.69, 9.17) is 5.11 Å². The zero-order valence-corrected chi connectivity index (χ0v) is 10.9. The minimum atomic E-state index is -4.55. The summed E-state index contributed by atoms with van der Waals surface area (Å²) in [6.07, 6.45) is -5.21. The van der Waals surface area contributed by atoms with Crippen molar-refractivity contribution >= 4 is 17.8 Å². The molecule has 0 bridgehead atoms. The van der Waals surface area contributed by atoms with Gasteiger partial charge in [-0.15, -0.1) is 0 Å². The maximum Gasteiger partial charge on any atom is 0.408 e. The molecule has 20 heavy (non-hydrogen) atoms. The van der Waals surface area contributed by atoms with Crippen LogP contribution in [0.3, 0.4) is 0 Å². The third-order valence-electron chi connectivity index (χ3n) is 3.36. The predicted molar refractivity (Wildman–Crippen MR) is 60.6 cm³/mol. The molecule has 1 aliphatic heterocycles. The molecular weight excluding hydrogens is 281 g/mol. The Bertz CT molecular complexity index is 424. The van der Waals surface area contributed by atoms with E-state index >= 15 is 0 Å². The third-order valence-corrected chi connectivity index (χ3v) is 3.36. The van der Waals surface area contributed by atoms with Gasteiger partial charge in [-0.3, -0.25) is 9.59 Å². The van der Waals surface area contributed by atoms with Crippen molar-refractivity contribution in [1.82, 2.24) is 10.2 Å². The first-order chi connectivity index (χ1) is 9.05. The average Bonchev–Trinajstić information content (AvgIpc) is 2.34. The number of amides is 2. The molecule has 9 heteroatoms. The van der Waals surface area contributed by atoms with E-state index in [9.17, 15) is 27.6 Å². The number of carbonyl (C=O) groups is 3. The van der Waals surface area contributed by atoms with Crippen LogP contribution in [0.15, 0.2) is 0 Å². The topological polar surface area (TPSA) is 86.7 Å². The van der Waals surface area contributed by atoms with E-state index in [1.165, 1.54) is 14.0 Å². The maximum atomic E-state index is 12.4. The molecule has 1 saturated heterocycles. The normalized spacial score (nSPS) is 24.8. The number of nitrogens with zero attached hydrogens (tertiary/aromatic N) is 1. The Kier molecular flexibility index (Phi) is 4.61. The Morgan fingerprint density at radius 3 is 2.35 bits per heavy atom. The molecule has 1 rings (SSSR count). The molecule has 2 amide bonds. The predicted octanol–water partition coefficient (Wildman–Crippen LogP) is 0.375. The van der Waals surface area contributed by atoms with Crippen LogP contribution in [0.25, 0.3) is 0 Å². The van der Waals surface area contributed by atoms with Gasteiger partial charge in [0.05, 0.1) is 0 Å². The van der Waals surface area contributed by atoms with Gasteiger partial charge in [-0.25, -0.2) is 4.79 Å². The second kappa shape index (κ2) is 5.68. The molecule has 1 heterocycles. The van der Waals surface area contributed by atoms with Gasteiger partial charge in [0.1, 0.15) is 18.0 Å². The number of hydrogen-bond acceptors (Lipinski definition) is 3. The van der Waals surface area contributed by atoms with Crippen molar-refractivity contribution in [3.63, 3.8) is 0 Å². The highest BCUT2D eigenvalue weighted by atomic mass is 19.4. The molecule has 0 saturated carbocycles. The Balaban J connectivity index is 2.73. The molecule has 114 valence electrons. The molecule has 1 aliphatic rings. The van der Waals surface area contributed by atoms with Crippen LogP contribution in [0, 0.1) is 5.92 Å². The number of carboxylic acid groups (broad SMARTS) is 1. The quantitative estimate of drug-likeness (QED) is 0.737. The summed E-state index contributed by atoms with van der Waals surface area (Å²) in [6.45, 7) is 1.25. The van der Waals surface area contributed by atoms with Gasteiger partial charge in [-0.1, -0.05) is 0 Å². The van der Waals surface area contributed by atoms with Gasteiger partial charge in [0, 0.05) is 7.05 Å². The van der Waals surface area contributed by atoms with Gasteiger partial charge in [0.15, 0.2) is 0 Å². The SMILES string of the molecule is C[C@H](C(=O)O)N(C)C(=O)[C@@H]1CC[C@@H](C(F)(F)F)NC1=O. The number of aliphatic carboxylic acids is 1. The lowest BCUT2D eigenvalue weighted by Gasteiger charge is -2.32. The number of nitrogens with one attached hydrogen (secondary N) is 1. The fourth-order valence-electron chi connectivity index (χ4n) is 1.89. The highest BCUT2D eigenvalue weighted by Gasteiger charge is 2.46. The summed E-state index contributed by atoms with van der Waals surface area (Å²) >= 11 is 0. The molecule has 0 spiro atoms. The minimum Gasteiger partial charge on any atom is -0.480 e. The third kappa shape index (κ3) is 3.40. The molecule has 0 unspecified atom stereocenters. The van der Waals surface area contributed by atoms with Crippen LogP contribution in [0.1, 0.15) is 19.8 Å². The van der Waals surface area contributed by atoms with Crippen LogP contribution in [-0.2, 0) is 14.4 Å². The molecule has 1 fully saturated rings. The van der Waals surface area contributed by atoms with Gasteiger partial charge >= 0.3 is 12.1 Å². The lowest BCUT2D eigenvalue weighted by atomic mass is 9.92. The molecule has 2 N–H and O–H groups in total. The number of carbonyl (C=O) groups excluding carboxylic acids is 2. The number of carboxylic acids is 1. The van der Waals surface area contributed by atoms with Crippen LogP contribution >= 0.6 is 0 Å². The van der Waals surface area contributed by atoms with Gasteiger partial charge in [-0.2, -0.15) is 13.2 Å². The molecule has 0 aliphatic carbocycles. The number of piperidine rings is 1. The molecular formula is C11H15F3N2O4. The van der Waals surface area contributed by atoms with E-state index in [1.807, 2.05) is 0 Å². The van der Waals surface area contributed by atoms with Crippen molar-refractivity contribution in [2.24, 2.45) is 5.92 Å². The second-order valence-corrected chi connectivity index (χ2v) is 4.70. The van der Waals surface area contributed by atoms with Crippen molar-refractivity contribution < 1.29 is 32.7 Å². The van der Waals surface area contributed by atoms with Crippen molar-refractivity contribution in [3.8, 4) is 0 Å². The molecule has 0 aromatic heterocycles. The Morgan fingerprint density at radius 2 is 1.95 bits per heavy atom. The first-order valence-electron chi connectivity index (χ1n) is 5.92. The summed E-state index contributed by atoms with van der Waals surface area (Å²) in [5.41, 5.74) is 0. The summed E-state index contributed by atoms with van der Waals surface area (Å²) in [5.74, 6) is -4.35. The summed E-state index contributed by atoms with van der Waals surface area (Å²) in [7, 11) is 1.20. The zero-order chi connectivity index (χ0) is 15.7. The fraction of sp³-hybridized carbons (Fsp3) is 0.727. The minimum absolute atomic E-state index is 0.258. The van der Waals surface area contributed by atoms with Crippen molar-refractivity contribution in [2.75, 3.05) is 7.05 Å². The highest BCUT2D eigenvalue weighted by molar-refractivity contribution is 6.01. The van der Waals surface area contributed by atoms with Crippen LogP contribution in [0.5, 0.6) is 0 Å². The summed E-state index contributed by atoms with van der Waals surface area (Å²) in [4.78, 5) is 35.1. The highest BCUT2D eigenvalue weighted by Crippen LogP contribution is 2.29. The molecule has 0 radical (unpaired) electrons. The average molecular weight is 296 g/mol. The second-order valence-electron chi connectivity index (χ2n) is 4.70. The number of rotatable bonds is 3. The lowest BCUT2D eigenvalue weighted by molar-refractivity contribution is -0.173. The van der Waals surface area contributed by atoms with Crippen LogP contribution in [0.4, 0.5) is 13.2 Å². The van der Waals surface area contributed by atoms with Crippen molar-refractivity contribution in [2.45, 2.75) is 38.0 Å². The smallest absolute Gasteiger partial charge is 0.408 e. The Labute approximate surface area is 112 Å². The monoisotopic (exact) mass is 296 g/mol. The van der Waals surface area contributed by atoms with Crippen LogP contribution in [-0.4, -0.2) is 53.1 Å². The first-order valence-corrected chi connectivity index (χ1v) is 5.92. The molecule has 0 aromatic rings. The molecule has 6 nitrogen and oxygen atoms in total. The molecule has 3 atom stereocenters. The largest absolute Gasteiger partial charge is 0.480 e. The summed E-state index contributed by atoms with van der Waals surface area (Å²) in [6, 6.07) is -3.11. The number of halogens is 3. The fourth-order valence-corrected chi connectivity index (χ4v) is 1.89. The van der Waals surface area contributed by atoms with E-state index in [-0.39, 0.29) is 6.42 Å². The van der Waals surface area contributed by atoms with Gasteiger partial charge < -0.3 is 15.3 Å². The van der Waals surface area contributed by atoms with E-state index in [2.05, 4.69) is 0 Å². The summed E-state index contributed by atoms with van der Waals surface area (Å²) in [5, 5.41) is 10.5. The van der Waals surface area contributed by atoms with E-state index in [0.717, 1.165) is 4.90 Å². The molecule has 0 aromatic carbocycles.